The van der Waals surface area contributed by atoms with Gasteiger partial charge in [-0.1, -0.05) is 0 Å². The maximum Gasteiger partial charge on any atom is 0.327 e. The molecule has 0 spiro atoms. The minimum absolute atomic E-state index is 0.244. The Morgan fingerprint density at radius 2 is 2.23 bits per heavy atom. The van der Waals surface area contributed by atoms with Crippen LogP contribution in [0.2, 0.25) is 0 Å². The number of hydrogen-bond acceptors (Lipinski definition) is 7. The molecule has 10 nitrogen and oxygen atoms in total. The first-order chi connectivity index (χ1) is 15.0. The van der Waals surface area contributed by atoms with Crippen molar-refractivity contribution in [1.82, 2.24) is 24.9 Å². The molecule has 2 aliphatic rings. The molecule has 3 aromatic heterocycles. The number of nitrogens with one attached hydrogen (secondary N) is 2. The molecule has 162 valence electrons. The minimum atomic E-state index is -0.244. The van der Waals surface area contributed by atoms with Crippen molar-refractivity contribution in [3.63, 3.8) is 0 Å². The summed E-state index contributed by atoms with van der Waals surface area (Å²) in [6.07, 6.45) is 4.29. The Labute approximate surface area is 180 Å². The molecular weight excluding hydrogens is 396 g/mol. The Morgan fingerprint density at radius 1 is 1.35 bits per heavy atom. The van der Waals surface area contributed by atoms with Gasteiger partial charge in [0.15, 0.2) is 5.65 Å². The molecule has 1 atom stereocenters. The van der Waals surface area contributed by atoms with E-state index in [2.05, 4.69) is 43.6 Å². The molecule has 0 saturated carbocycles. The molecule has 5 rings (SSSR count). The number of piperazine rings is 1. The van der Waals surface area contributed by atoms with Crippen molar-refractivity contribution in [1.29, 1.82) is 0 Å². The fourth-order valence-electron chi connectivity index (χ4n) is 4.38. The zero-order valence-electron chi connectivity index (χ0n) is 17.9. The highest BCUT2D eigenvalue weighted by Crippen LogP contribution is 2.35. The van der Waals surface area contributed by atoms with Crippen LogP contribution >= 0.6 is 0 Å². The smallest absolute Gasteiger partial charge is 0.327 e. The Bertz CT molecular complexity index is 1140. The lowest BCUT2D eigenvalue weighted by molar-refractivity contribution is 0.257. The third-order valence-corrected chi connectivity index (χ3v) is 5.81. The first kappa shape index (κ1) is 19.6. The van der Waals surface area contributed by atoms with Gasteiger partial charge in [0.05, 0.1) is 13.3 Å². The van der Waals surface area contributed by atoms with Crippen LogP contribution in [0.4, 0.5) is 22.0 Å². The minimum Gasteiger partial charge on any atom is -0.494 e. The predicted octanol–water partition coefficient (Wildman–Crippen LogP) is 1.83. The lowest BCUT2D eigenvalue weighted by Crippen LogP contribution is -2.49. The number of rotatable bonds is 3. The molecule has 0 aliphatic carbocycles. The molecule has 0 radical (unpaired) electrons. The van der Waals surface area contributed by atoms with Crippen molar-refractivity contribution >= 4 is 28.9 Å². The number of carbonyl (C=O) groups is 1. The number of carbonyl (C=O) groups excluding carboxylic acids is 1. The summed E-state index contributed by atoms with van der Waals surface area (Å²) >= 11 is 0. The van der Waals surface area contributed by atoms with Gasteiger partial charge in [-0.05, 0) is 26.3 Å². The third kappa shape index (κ3) is 3.52. The first-order valence-corrected chi connectivity index (χ1v) is 10.5. The number of amides is 2. The summed E-state index contributed by atoms with van der Waals surface area (Å²) in [6, 6.07) is 4.00. The van der Waals surface area contributed by atoms with Gasteiger partial charge in [-0.15, -0.1) is 0 Å². The fourth-order valence-corrected chi connectivity index (χ4v) is 4.38. The number of fused-ring (bicyclic) bond motifs is 2. The molecule has 2 amide bonds. The summed E-state index contributed by atoms with van der Waals surface area (Å²) in [7, 11) is 1.57. The molecule has 2 aliphatic heterocycles. The van der Waals surface area contributed by atoms with E-state index < -0.39 is 0 Å². The van der Waals surface area contributed by atoms with Crippen LogP contribution in [0.1, 0.15) is 18.3 Å². The zero-order valence-corrected chi connectivity index (χ0v) is 17.9. The standard InChI is InChI=1S/C21H26N8O2/c1-13-11-27(9-7-22-13)17-4-6-23-20-15(17)5-8-28(20)21(30)25-16-12-29-19(10-18(16)31-3)24-14(2)26-29/h4,6,10,12-13,22H,5,7-9,11H2,1-3H3,(H,25,30)/t13-/m0/s1. The number of anilines is 3. The van der Waals surface area contributed by atoms with Crippen LogP contribution in [-0.4, -0.2) is 64.9 Å². The molecule has 10 heteroatoms. The topological polar surface area (TPSA) is 99.9 Å². The lowest BCUT2D eigenvalue weighted by atomic mass is 10.1. The van der Waals surface area contributed by atoms with Crippen molar-refractivity contribution in [3.05, 3.63) is 35.9 Å². The second-order valence-corrected chi connectivity index (χ2v) is 7.98. The summed E-state index contributed by atoms with van der Waals surface area (Å²) in [6.45, 7) is 7.43. The van der Waals surface area contributed by atoms with Crippen LogP contribution in [-0.2, 0) is 6.42 Å². The molecule has 5 heterocycles. The normalized spacial score (nSPS) is 18.4. The Balaban J connectivity index is 1.41. The Hall–Kier alpha value is -3.40. The van der Waals surface area contributed by atoms with E-state index in [-0.39, 0.29) is 6.03 Å². The van der Waals surface area contributed by atoms with Gasteiger partial charge < -0.3 is 20.3 Å². The van der Waals surface area contributed by atoms with Gasteiger partial charge >= 0.3 is 6.03 Å². The number of pyridine rings is 2. The van der Waals surface area contributed by atoms with Crippen molar-refractivity contribution < 1.29 is 9.53 Å². The quantitative estimate of drug-likeness (QED) is 0.664. The van der Waals surface area contributed by atoms with Crippen LogP contribution in [0.3, 0.4) is 0 Å². The summed E-state index contributed by atoms with van der Waals surface area (Å²) in [4.78, 5) is 26.1. The highest BCUT2D eigenvalue weighted by atomic mass is 16.5. The number of nitrogens with zero attached hydrogens (tertiary/aromatic N) is 6. The third-order valence-electron chi connectivity index (χ3n) is 5.81. The maximum atomic E-state index is 13.2. The Morgan fingerprint density at radius 3 is 3.03 bits per heavy atom. The van der Waals surface area contributed by atoms with E-state index in [4.69, 9.17) is 4.74 Å². The molecule has 0 unspecified atom stereocenters. The van der Waals surface area contributed by atoms with Gasteiger partial charge in [-0.2, -0.15) is 5.10 Å². The van der Waals surface area contributed by atoms with E-state index in [9.17, 15) is 4.79 Å². The molecular formula is C21H26N8O2. The highest BCUT2D eigenvalue weighted by Gasteiger charge is 2.31. The molecule has 3 aromatic rings. The lowest BCUT2D eigenvalue weighted by Gasteiger charge is -2.34. The van der Waals surface area contributed by atoms with Crippen LogP contribution in [0.15, 0.2) is 24.5 Å². The van der Waals surface area contributed by atoms with Crippen molar-refractivity contribution in [2.24, 2.45) is 0 Å². The van der Waals surface area contributed by atoms with Gasteiger partial charge in [0.1, 0.15) is 23.1 Å². The zero-order chi connectivity index (χ0) is 21.5. The Kier molecular flexibility index (Phi) is 4.85. The summed E-state index contributed by atoms with van der Waals surface area (Å²) in [5, 5.41) is 10.8. The molecule has 0 aromatic carbocycles. The van der Waals surface area contributed by atoms with Crippen LogP contribution in [0, 0.1) is 6.92 Å². The van der Waals surface area contributed by atoms with Crippen molar-refractivity contribution in [3.8, 4) is 5.75 Å². The number of methoxy groups -OCH3 is 1. The van der Waals surface area contributed by atoms with E-state index in [0.29, 0.717) is 35.5 Å². The largest absolute Gasteiger partial charge is 0.494 e. The molecule has 31 heavy (non-hydrogen) atoms. The number of ether oxygens (including phenoxy) is 1. The van der Waals surface area contributed by atoms with Crippen LogP contribution < -0.4 is 25.2 Å². The molecule has 0 bridgehead atoms. The summed E-state index contributed by atoms with van der Waals surface area (Å²) in [5.74, 6) is 1.90. The fraction of sp³-hybridized carbons (Fsp3) is 0.429. The SMILES string of the molecule is COc1cc2nc(C)nn2cc1NC(=O)N1CCc2c(N3CCN[C@@H](C)C3)ccnc21. The number of hydrogen-bond donors (Lipinski definition) is 2. The van der Waals surface area contributed by atoms with Gasteiger partial charge in [-0.3, -0.25) is 4.90 Å². The average Bonchev–Trinajstić information content (AvgIpc) is 3.35. The van der Waals surface area contributed by atoms with E-state index in [0.717, 1.165) is 37.4 Å². The summed E-state index contributed by atoms with van der Waals surface area (Å²) < 4.78 is 7.09. The van der Waals surface area contributed by atoms with E-state index in [1.54, 1.807) is 35.0 Å². The van der Waals surface area contributed by atoms with Gasteiger partial charge in [0.2, 0.25) is 0 Å². The van der Waals surface area contributed by atoms with Crippen molar-refractivity contribution in [2.75, 3.05) is 48.4 Å². The molecule has 1 fully saturated rings. The average molecular weight is 422 g/mol. The predicted molar refractivity (Wildman–Crippen MR) is 118 cm³/mol. The second kappa shape index (κ2) is 7.69. The highest BCUT2D eigenvalue weighted by molar-refractivity contribution is 6.03. The maximum absolute atomic E-state index is 13.2. The number of urea groups is 1. The summed E-state index contributed by atoms with van der Waals surface area (Å²) in [5.41, 5.74) is 3.49. The molecule has 1 saturated heterocycles. The van der Waals surface area contributed by atoms with E-state index in [1.807, 2.05) is 6.92 Å². The number of aromatic nitrogens is 4. The van der Waals surface area contributed by atoms with Crippen molar-refractivity contribution in [2.45, 2.75) is 26.3 Å². The number of aryl methyl sites for hydroxylation is 1. The van der Waals surface area contributed by atoms with Gasteiger partial charge in [0, 0.05) is 55.7 Å². The monoisotopic (exact) mass is 422 g/mol. The van der Waals surface area contributed by atoms with Gasteiger partial charge in [-0.25, -0.2) is 19.3 Å². The van der Waals surface area contributed by atoms with Gasteiger partial charge in [0.25, 0.3) is 0 Å². The van der Waals surface area contributed by atoms with E-state index in [1.165, 1.54) is 5.69 Å². The van der Waals surface area contributed by atoms with Crippen LogP contribution in [0.25, 0.3) is 5.65 Å². The molecule has 2 N–H and O–H groups in total. The second-order valence-electron chi connectivity index (χ2n) is 7.98. The van der Waals surface area contributed by atoms with Crippen LogP contribution in [0.5, 0.6) is 5.75 Å². The van der Waals surface area contributed by atoms with E-state index >= 15 is 0 Å². The first-order valence-electron chi connectivity index (χ1n) is 10.5.